The Kier molecular flexibility index (Phi) is 7.42. The van der Waals surface area contributed by atoms with Crippen LogP contribution in [0.3, 0.4) is 0 Å². The van der Waals surface area contributed by atoms with Crippen LogP contribution in [0.15, 0.2) is 35.1 Å². The SMILES string of the molecule is COc1ccc(-c2nn([C@H](C)C(=O)NCCN3CCOCC3)c(=O)cc2OC)cc1. The third-order valence-corrected chi connectivity index (χ3v) is 5.08. The molecule has 2 heterocycles. The average molecular weight is 416 g/mol. The summed E-state index contributed by atoms with van der Waals surface area (Å²) in [4.78, 5) is 27.4. The van der Waals surface area contributed by atoms with E-state index >= 15 is 0 Å². The Bertz CT molecular complexity index is 907. The van der Waals surface area contributed by atoms with Crippen LogP contribution in [0.25, 0.3) is 11.3 Å². The van der Waals surface area contributed by atoms with Crippen molar-refractivity contribution in [1.29, 1.82) is 0 Å². The van der Waals surface area contributed by atoms with Crippen molar-refractivity contribution >= 4 is 5.91 Å². The highest BCUT2D eigenvalue weighted by molar-refractivity contribution is 5.79. The lowest BCUT2D eigenvalue weighted by molar-refractivity contribution is -0.124. The molecule has 3 rings (SSSR count). The van der Waals surface area contributed by atoms with E-state index in [-0.39, 0.29) is 5.91 Å². The van der Waals surface area contributed by atoms with Crippen molar-refractivity contribution in [3.05, 3.63) is 40.7 Å². The maximum absolute atomic E-state index is 12.6. The van der Waals surface area contributed by atoms with Gasteiger partial charge in [-0.2, -0.15) is 5.10 Å². The lowest BCUT2D eigenvalue weighted by atomic mass is 10.1. The molecule has 0 saturated carbocycles. The second-order valence-corrected chi connectivity index (χ2v) is 6.99. The number of hydrogen-bond donors (Lipinski definition) is 1. The van der Waals surface area contributed by atoms with Crippen LogP contribution in [0.2, 0.25) is 0 Å². The highest BCUT2D eigenvalue weighted by Crippen LogP contribution is 2.28. The molecule has 1 atom stereocenters. The third-order valence-electron chi connectivity index (χ3n) is 5.08. The summed E-state index contributed by atoms with van der Waals surface area (Å²) in [5, 5.41) is 7.33. The van der Waals surface area contributed by atoms with Gasteiger partial charge in [0.05, 0.1) is 27.4 Å². The minimum atomic E-state index is -0.759. The first-order valence-electron chi connectivity index (χ1n) is 9.93. The zero-order chi connectivity index (χ0) is 21.5. The lowest BCUT2D eigenvalue weighted by Crippen LogP contribution is -2.43. The van der Waals surface area contributed by atoms with Crippen molar-refractivity contribution in [2.24, 2.45) is 0 Å². The molecular weight excluding hydrogens is 388 g/mol. The fraction of sp³-hybridized carbons (Fsp3) is 0.476. The molecule has 1 aromatic heterocycles. The number of aromatic nitrogens is 2. The fourth-order valence-corrected chi connectivity index (χ4v) is 3.26. The standard InChI is InChI=1S/C21H28N4O5/c1-15(21(27)22-8-9-24-10-12-30-13-11-24)25-19(26)14-18(29-3)20(23-25)16-4-6-17(28-2)7-5-16/h4-7,14-15H,8-13H2,1-3H3,(H,22,27)/t15-/m1/s1. The Hall–Kier alpha value is -2.91. The molecule has 9 heteroatoms. The summed E-state index contributed by atoms with van der Waals surface area (Å²) in [5.74, 6) is 0.795. The van der Waals surface area contributed by atoms with Gasteiger partial charge in [0, 0.05) is 37.8 Å². The first-order valence-corrected chi connectivity index (χ1v) is 9.93. The molecule has 1 aliphatic heterocycles. The molecule has 0 bridgehead atoms. The van der Waals surface area contributed by atoms with E-state index in [0.29, 0.717) is 37.0 Å². The Morgan fingerprint density at radius 1 is 1.20 bits per heavy atom. The predicted molar refractivity (Wildman–Crippen MR) is 112 cm³/mol. The largest absolute Gasteiger partial charge is 0.497 e. The lowest BCUT2D eigenvalue weighted by Gasteiger charge is -2.26. The number of rotatable bonds is 8. The van der Waals surface area contributed by atoms with E-state index in [0.717, 1.165) is 25.2 Å². The van der Waals surface area contributed by atoms with Gasteiger partial charge in [-0.05, 0) is 31.2 Å². The van der Waals surface area contributed by atoms with Crippen LogP contribution in [0, 0.1) is 0 Å². The van der Waals surface area contributed by atoms with Crippen LogP contribution < -0.4 is 20.3 Å². The molecule has 0 radical (unpaired) electrons. The minimum Gasteiger partial charge on any atom is -0.497 e. The van der Waals surface area contributed by atoms with Gasteiger partial charge in [0.25, 0.3) is 5.56 Å². The molecule has 0 spiro atoms. The van der Waals surface area contributed by atoms with E-state index in [9.17, 15) is 9.59 Å². The molecule has 9 nitrogen and oxygen atoms in total. The van der Waals surface area contributed by atoms with E-state index in [4.69, 9.17) is 14.2 Å². The molecule has 2 aromatic rings. The number of carbonyl (C=O) groups excluding carboxylic acids is 1. The number of morpholine rings is 1. The monoisotopic (exact) mass is 416 g/mol. The number of hydrogen-bond acceptors (Lipinski definition) is 7. The normalized spacial score (nSPS) is 15.4. The van der Waals surface area contributed by atoms with E-state index in [2.05, 4.69) is 15.3 Å². The van der Waals surface area contributed by atoms with E-state index in [1.165, 1.54) is 17.9 Å². The number of methoxy groups -OCH3 is 2. The van der Waals surface area contributed by atoms with Gasteiger partial charge in [0.2, 0.25) is 5.91 Å². The molecule has 0 unspecified atom stereocenters. The molecule has 0 aliphatic carbocycles. The fourth-order valence-electron chi connectivity index (χ4n) is 3.26. The van der Waals surface area contributed by atoms with Gasteiger partial charge in [-0.1, -0.05) is 0 Å². The molecule has 1 amide bonds. The quantitative estimate of drug-likeness (QED) is 0.684. The Labute approximate surface area is 175 Å². The summed E-state index contributed by atoms with van der Waals surface area (Å²) in [6, 6.07) is 7.84. The second kappa shape index (κ2) is 10.2. The highest BCUT2D eigenvalue weighted by Gasteiger charge is 2.21. The van der Waals surface area contributed by atoms with Crippen LogP contribution in [-0.2, 0) is 9.53 Å². The average Bonchev–Trinajstić information content (AvgIpc) is 2.79. The zero-order valence-corrected chi connectivity index (χ0v) is 17.6. The van der Waals surface area contributed by atoms with Gasteiger partial charge < -0.3 is 19.5 Å². The summed E-state index contributed by atoms with van der Waals surface area (Å²) in [6.07, 6.45) is 0. The maximum atomic E-state index is 12.6. The second-order valence-electron chi connectivity index (χ2n) is 6.99. The van der Waals surface area contributed by atoms with Crippen molar-refractivity contribution < 1.29 is 19.0 Å². The highest BCUT2D eigenvalue weighted by atomic mass is 16.5. The third kappa shape index (κ3) is 5.17. The van der Waals surface area contributed by atoms with Gasteiger partial charge in [0.15, 0.2) is 5.75 Å². The van der Waals surface area contributed by atoms with Gasteiger partial charge in [0.1, 0.15) is 17.5 Å². The number of carbonyl (C=O) groups is 1. The number of benzene rings is 1. The molecule has 1 aromatic carbocycles. The maximum Gasteiger partial charge on any atom is 0.271 e. The molecule has 30 heavy (non-hydrogen) atoms. The molecule has 1 saturated heterocycles. The predicted octanol–water partition coefficient (Wildman–Crippen LogP) is 0.937. The summed E-state index contributed by atoms with van der Waals surface area (Å²) >= 11 is 0. The summed E-state index contributed by atoms with van der Waals surface area (Å²) in [7, 11) is 3.07. The first kappa shape index (κ1) is 21.8. The summed E-state index contributed by atoms with van der Waals surface area (Å²) < 4.78 is 17.0. The van der Waals surface area contributed by atoms with Crippen molar-refractivity contribution in [1.82, 2.24) is 20.0 Å². The summed E-state index contributed by atoms with van der Waals surface area (Å²) in [6.45, 7) is 6.03. The van der Waals surface area contributed by atoms with Crippen LogP contribution in [0.1, 0.15) is 13.0 Å². The molecule has 1 N–H and O–H groups in total. The van der Waals surface area contributed by atoms with Crippen molar-refractivity contribution in [3.8, 4) is 22.8 Å². The first-order chi connectivity index (χ1) is 14.5. The van der Waals surface area contributed by atoms with E-state index in [1.807, 2.05) is 12.1 Å². The van der Waals surface area contributed by atoms with Crippen LogP contribution >= 0.6 is 0 Å². The van der Waals surface area contributed by atoms with Gasteiger partial charge in [-0.3, -0.25) is 14.5 Å². The number of amides is 1. The molecule has 1 aliphatic rings. The Morgan fingerprint density at radius 3 is 2.53 bits per heavy atom. The Morgan fingerprint density at radius 2 is 1.90 bits per heavy atom. The van der Waals surface area contributed by atoms with E-state index in [1.54, 1.807) is 26.2 Å². The van der Waals surface area contributed by atoms with Crippen LogP contribution in [0.5, 0.6) is 11.5 Å². The number of ether oxygens (including phenoxy) is 3. The van der Waals surface area contributed by atoms with Crippen LogP contribution in [0.4, 0.5) is 0 Å². The summed E-state index contributed by atoms with van der Waals surface area (Å²) in [5.41, 5.74) is 0.828. The van der Waals surface area contributed by atoms with Gasteiger partial charge in [-0.25, -0.2) is 4.68 Å². The molecule has 1 fully saturated rings. The topological polar surface area (TPSA) is 94.9 Å². The zero-order valence-electron chi connectivity index (χ0n) is 17.6. The number of nitrogens with one attached hydrogen (secondary N) is 1. The van der Waals surface area contributed by atoms with Gasteiger partial charge in [-0.15, -0.1) is 0 Å². The molecule has 162 valence electrons. The van der Waals surface area contributed by atoms with Crippen molar-refractivity contribution in [2.45, 2.75) is 13.0 Å². The van der Waals surface area contributed by atoms with Crippen LogP contribution in [-0.4, -0.2) is 74.2 Å². The smallest absolute Gasteiger partial charge is 0.271 e. The molecular formula is C21H28N4O5. The number of nitrogens with zero attached hydrogens (tertiary/aromatic N) is 3. The Balaban J connectivity index is 1.74. The van der Waals surface area contributed by atoms with Crippen molar-refractivity contribution in [2.75, 3.05) is 53.6 Å². The minimum absolute atomic E-state index is 0.260. The van der Waals surface area contributed by atoms with E-state index < -0.39 is 11.6 Å². The van der Waals surface area contributed by atoms with Crippen molar-refractivity contribution in [3.63, 3.8) is 0 Å². The van der Waals surface area contributed by atoms with Gasteiger partial charge >= 0.3 is 0 Å².